The summed E-state index contributed by atoms with van der Waals surface area (Å²) in [6.45, 7) is 8.45. The van der Waals surface area contributed by atoms with Crippen LogP contribution in [0.5, 0.6) is 5.88 Å². The molecule has 0 aliphatic heterocycles. The molecule has 0 saturated heterocycles. The van der Waals surface area contributed by atoms with Crippen LogP contribution < -0.4 is 10.5 Å². The molecule has 0 spiro atoms. The van der Waals surface area contributed by atoms with E-state index in [0.717, 1.165) is 29.4 Å². The van der Waals surface area contributed by atoms with E-state index in [1.807, 2.05) is 10.6 Å². The van der Waals surface area contributed by atoms with Crippen LogP contribution in [0.2, 0.25) is 25.7 Å². The van der Waals surface area contributed by atoms with Crippen LogP contribution in [0.15, 0.2) is 29.4 Å². The third-order valence-electron chi connectivity index (χ3n) is 3.92. The highest BCUT2D eigenvalue weighted by atomic mass is 79.9. The summed E-state index contributed by atoms with van der Waals surface area (Å²) in [6, 6.07) is 2.99. The molecular weight excluding hydrogens is 428 g/mol. The van der Waals surface area contributed by atoms with E-state index in [2.05, 4.69) is 55.5 Å². The standard InChI is InChI=1S/C17H23BrN6O2Si/c1-27(2,3)7-6-25-11-24-10-22-14-12(4-5-20-16(14)24)9-26-17-15(19)21-8-13(18)23-17/h4-5,8,10H,6-7,9,11H2,1-3H3,(H2,19,21). The second-order valence-corrected chi connectivity index (χ2v) is 13.8. The number of nitrogen functional groups attached to an aromatic ring is 1. The zero-order chi connectivity index (χ0) is 19.4. The van der Waals surface area contributed by atoms with Crippen LogP contribution in [0.4, 0.5) is 5.82 Å². The Balaban J connectivity index is 1.69. The van der Waals surface area contributed by atoms with E-state index < -0.39 is 8.07 Å². The van der Waals surface area contributed by atoms with E-state index in [1.165, 1.54) is 6.20 Å². The third kappa shape index (κ3) is 5.24. The fraction of sp³-hybridized carbons (Fsp3) is 0.412. The molecule has 0 fully saturated rings. The Bertz CT molecular complexity index is 927. The lowest BCUT2D eigenvalue weighted by Gasteiger charge is -2.15. The second kappa shape index (κ2) is 8.32. The van der Waals surface area contributed by atoms with Crippen molar-refractivity contribution in [1.82, 2.24) is 24.5 Å². The molecule has 0 unspecified atom stereocenters. The van der Waals surface area contributed by atoms with E-state index in [9.17, 15) is 0 Å². The number of hydrogen-bond donors (Lipinski definition) is 1. The topological polar surface area (TPSA) is 101 Å². The van der Waals surface area contributed by atoms with Gasteiger partial charge in [0.25, 0.3) is 5.88 Å². The Kier molecular flexibility index (Phi) is 6.07. The van der Waals surface area contributed by atoms with Gasteiger partial charge < -0.3 is 15.2 Å². The van der Waals surface area contributed by atoms with Crippen LogP contribution in [-0.2, 0) is 18.1 Å². The molecule has 2 N–H and O–H groups in total. The van der Waals surface area contributed by atoms with Gasteiger partial charge in [0.05, 0.1) is 12.5 Å². The predicted molar refractivity (Wildman–Crippen MR) is 110 cm³/mol. The smallest absolute Gasteiger partial charge is 0.258 e. The van der Waals surface area contributed by atoms with Crippen LogP contribution in [0.25, 0.3) is 11.2 Å². The van der Waals surface area contributed by atoms with E-state index in [1.54, 1.807) is 12.5 Å². The molecule has 3 rings (SSSR count). The molecule has 3 aromatic rings. The SMILES string of the molecule is C[Si](C)(C)CCOCn1cnc2c(COc3nc(Br)cnc3N)ccnc21. The monoisotopic (exact) mass is 450 g/mol. The second-order valence-electron chi connectivity index (χ2n) is 7.38. The van der Waals surface area contributed by atoms with Gasteiger partial charge in [-0.1, -0.05) is 19.6 Å². The lowest BCUT2D eigenvalue weighted by molar-refractivity contribution is 0.0895. The third-order valence-corrected chi connectivity index (χ3v) is 6.00. The van der Waals surface area contributed by atoms with Gasteiger partial charge in [0, 0.05) is 26.4 Å². The van der Waals surface area contributed by atoms with Crippen molar-refractivity contribution in [3.63, 3.8) is 0 Å². The zero-order valence-corrected chi connectivity index (χ0v) is 18.2. The molecule has 3 heterocycles. The van der Waals surface area contributed by atoms with Gasteiger partial charge in [0.15, 0.2) is 11.5 Å². The largest absolute Gasteiger partial charge is 0.470 e. The minimum Gasteiger partial charge on any atom is -0.470 e. The van der Waals surface area contributed by atoms with Crippen molar-refractivity contribution < 1.29 is 9.47 Å². The van der Waals surface area contributed by atoms with Gasteiger partial charge in [-0.25, -0.2) is 19.9 Å². The highest BCUT2D eigenvalue weighted by Gasteiger charge is 2.14. The Labute approximate surface area is 167 Å². The molecule has 0 aliphatic carbocycles. The lowest BCUT2D eigenvalue weighted by Crippen LogP contribution is -2.22. The first-order valence-electron chi connectivity index (χ1n) is 8.61. The van der Waals surface area contributed by atoms with Crippen LogP contribution in [-0.4, -0.2) is 39.2 Å². The molecule has 0 amide bonds. The number of nitrogens with two attached hydrogens (primary N) is 1. The van der Waals surface area contributed by atoms with Gasteiger partial charge in [-0.2, -0.15) is 0 Å². The molecule has 0 atom stereocenters. The molecule has 0 aromatic carbocycles. The average Bonchev–Trinajstić information content (AvgIpc) is 3.02. The lowest BCUT2D eigenvalue weighted by atomic mass is 10.2. The maximum Gasteiger partial charge on any atom is 0.258 e. The summed E-state index contributed by atoms with van der Waals surface area (Å²) in [5, 5.41) is 0. The molecular formula is C17H23BrN6O2Si. The number of rotatable bonds is 8. The highest BCUT2D eigenvalue weighted by Crippen LogP contribution is 2.21. The number of hydrogen-bond acceptors (Lipinski definition) is 7. The van der Waals surface area contributed by atoms with Crippen molar-refractivity contribution in [2.24, 2.45) is 0 Å². The number of ether oxygens (including phenoxy) is 2. The van der Waals surface area contributed by atoms with E-state index in [0.29, 0.717) is 11.3 Å². The molecule has 27 heavy (non-hydrogen) atoms. The Morgan fingerprint density at radius 2 is 2.04 bits per heavy atom. The summed E-state index contributed by atoms with van der Waals surface area (Å²) in [5.74, 6) is 0.522. The maximum atomic E-state index is 5.81. The van der Waals surface area contributed by atoms with Crippen LogP contribution in [0.3, 0.4) is 0 Å². The molecule has 10 heteroatoms. The Hall–Kier alpha value is -2.04. The Morgan fingerprint density at radius 1 is 1.22 bits per heavy atom. The summed E-state index contributed by atoms with van der Waals surface area (Å²) >= 11 is 3.26. The van der Waals surface area contributed by atoms with Gasteiger partial charge in [0.1, 0.15) is 23.5 Å². The van der Waals surface area contributed by atoms with Crippen molar-refractivity contribution in [1.29, 1.82) is 0 Å². The molecule has 0 radical (unpaired) electrons. The fourth-order valence-electron chi connectivity index (χ4n) is 2.38. The van der Waals surface area contributed by atoms with Crippen molar-refractivity contribution in [2.75, 3.05) is 12.3 Å². The van der Waals surface area contributed by atoms with Gasteiger partial charge in [-0.3, -0.25) is 4.57 Å². The highest BCUT2D eigenvalue weighted by molar-refractivity contribution is 9.10. The van der Waals surface area contributed by atoms with Gasteiger partial charge >= 0.3 is 0 Å². The molecule has 8 nitrogen and oxygen atoms in total. The number of imidazole rings is 1. The minimum atomic E-state index is -1.10. The summed E-state index contributed by atoms with van der Waals surface area (Å²) in [6.07, 6.45) is 5.00. The van der Waals surface area contributed by atoms with Crippen LogP contribution >= 0.6 is 15.9 Å². The summed E-state index contributed by atoms with van der Waals surface area (Å²) < 4.78 is 14.0. The van der Waals surface area contributed by atoms with E-state index >= 15 is 0 Å². The van der Waals surface area contributed by atoms with Gasteiger partial charge in [-0.05, 0) is 28.0 Å². The van der Waals surface area contributed by atoms with E-state index in [4.69, 9.17) is 15.2 Å². The summed E-state index contributed by atoms with van der Waals surface area (Å²) in [7, 11) is -1.10. The molecule has 144 valence electrons. The summed E-state index contributed by atoms with van der Waals surface area (Å²) in [5.41, 5.74) is 8.23. The van der Waals surface area contributed by atoms with Crippen molar-refractivity contribution >= 4 is 41.0 Å². The number of aromatic nitrogens is 5. The number of fused-ring (bicyclic) bond motifs is 1. The zero-order valence-electron chi connectivity index (χ0n) is 15.6. The first-order chi connectivity index (χ1) is 12.8. The number of nitrogens with zero attached hydrogens (tertiary/aromatic N) is 5. The van der Waals surface area contributed by atoms with Crippen LogP contribution in [0.1, 0.15) is 5.56 Å². The fourth-order valence-corrected chi connectivity index (χ4v) is 3.40. The number of pyridine rings is 1. The molecule has 0 saturated carbocycles. The maximum absolute atomic E-state index is 5.81. The van der Waals surface area contributed by atoms with Crippen molar-refractivity contribution in [2.45, 2.75) is 39.0 Å². The van der Waals surface area contributed by atoms with Crippen molar-refractivity contribution in [3.8, 4) is 5.88 Å². The predicted octanol–water partition coefficient (Wildman–Crippen LogP) is 3.46. The Morgan fingerprint density at radius 3 is 2.81 bits per heavy atom. The van der Waals surface area contributed by atoms with Crippen molar-refractivity contribution in [3.05, 3.63) is 35.0 Å². The number of anilines is 1. The average molecular weight is 451 g/mol. The van der Waals surface area contributed by atoms with Crippen LogP contribution in [0, 0.1) is 0 Å². The molecule has 0 aliphatic rings. The molecule has 3 aromatic heterocycles. The molecule has 0 bridgehead atoms. The minimum absolute atomic E-state index is 0.241. The quantitative estimate of drug-likeness (QED) is 0.414. The number of halogens is 1. The van der Waals surface area contributed by atoms with Gasteiger partial charge in [-0.15, -0.1) is 0 Å². The van der Waals surface area contributed by atoms with E-state index in [-0.39, 0.29) is 18.3 Å². The first kappa shape index (κ1) is 19.7. The first-order valence-corrected chi connectivity index (χ1v) is 13.1. The summed E-state index contributed by atoms with van der Waals surface area (Å²) in [4.78, 5) is 17.1. The normalized spacial score (nSPS) is 11.9. The van der Waals surface area contributed by atoms with Gasteiger partial charge in [0.2, 0.25) is 0 Å².